The Morgan fingerprint density at radius 2 is 2.53 bits per heavy atom. The highest BCUT2D eigenvalue weighted by Crippen LogP contribution is 2.17. The molecule has 1 saturated heterocycles. The summed E-state index contributed by atoms with van der Waals surface area (Å²) in [4.78, 5) is 16.4. The number of amides is 1. The van der Waals surface area contributed by atoms with Gasteiger partial charge in [0.15, 0.2) is 0 Å². The molecule has 1 fully saturated rings. The van der Waals surface area contributed by atoms with Crippen LogP contribution in [0.2, 0.25) is 0 Å². The van der Waals surface area contributed by atoms with Gasteiger partial charge in [0.05, 0.1) is 17.2 Å². The van der Waals surface area contributed by atoms with Crippen LogP contribution in [0.25, 0.3) is 0 Å². The zero-order chi connectivity index (χ0) is 13.7. The Hall–Kier alpha value is -1.07. The van der Waals surface area contributed by atoms with Crippen LogP contribution >= 0.6 is 11.8 Å². The third-order valence-corrected chi connectivity index (χ3v) is 3.98. The van der Waals surface area contributed by atoms with E-state index in [0.29, 0.717) is 5.56 Å². The highest BCUT2D eigenvalue weighted by atomic mass is 32.2. The monoisotopic (exact) mass is 280 g/mol. The van der Waals surface area contributed by atoms with Crippen molar-refractivity contribution in [2.45, 2.75) is 43.9 Å². The Bertz CT molecular complexity index is 433. The van der Waals surface area contributed by atoms with Crippen molar-refractivity contribution in [2.24, 2.45) is 0 Å². The molecule has 1 aromatic rings. The van der Waals surface area contributed by atoms with Crippen molar-refractivity contribution < 1.29 is 9.53 Å². The number of nitrogens with one attached hydrogen (secondary N) is 1. The smallest absolute Gasteiger partial charge is 0.251 e. The second-order valence-corrected chi connectivity index (χ2v) is 5.91. The van der Waals surface area contributed by atoms with Gasteiger partial charge in [-0.2, -0.15) is 0 Å². The number of nitrogens with zero attached hydrogens (tertiary/aromatic N) is 1. The minimum Gasteiger partial charge on any atom is -0.376 e. The lowest BCUT2D eigenvalue weighted by Crippen LogP contribution is -2.40. The van der Waals surface area contributed by atoms with E-state index >= 15 is 0 Å². The number of thioether (sulfide) groups is 1. The molecule has 1 N–H and O–H groups in total. The van der Waals surface area contributed by atoms with Crippen LogP contribution in [-0.2, 0) is 4.74 Å². The molecule has 4 nitrogen and oxygen atoms in total. The average molecular weight is 280 g/mol. The molecule has 0 radical (unpaired) electrons. The van der Waals surface area contributed by atoms with E-state index < -0.39 is 0 Å². The summed E-state index contributed by atoms with van der Waals surface area (Å²) >= 11 is 1.64. The molecule has 0 spiro atoms. The first kappa shape index (κ1) is 14.3. The fourth-order valence-electron chi connectivity index (χ4n) is 2.16. The van der Waals surface area contributed by atoms with Crippen LogP contribution in [0.5, 0.6) is 0 Å². The summed E-state index contributed by atoms with van der Waals surface area (Å²) in [6.07, 6.45) is 3.94. The van der Waals surface area contributed by atoms with E-state index in [0.717, 1.165) is 30.2 Å². The summed E-state index contributed by atoms with van der Waals surface area (Å²) in [6, 6.07) is 3.63. The lowest BCUT2D eigenvalue weighted by molar-refractivity contribution is 0.0712. The van der Waals surface area contributed by atoms with E-state index in [1.807, 2.05) is 13.0 Å². The molecule has 19 heavy (non-hydrogen) atoms. The van der Waals surface area contributed by atoms with Gasteiger partial charge in [-0.25, -0.2) is 4.98 Å². The van der Waals surface area contributed by atoms with E-state index in [2.05, 4.69) is 17.2 Å². The van der Waals surface area contributed by atoms with E-state index in [-0.39, 0.29) is 18.1 Å². The van der Waals surface area contributed by atoms with Gasteiger partial charge >= 0.3 is 0 Å². The molecule has 2 atom stereocenters. The number of ether oxygens (including phenoxy) is 1. The molecule has 0 aliphatic carbocycles. The maximum atomic E-state index is 12.2. The number of pyridine rings is 1. The van der Waals surface area contributed by atoms with Crippen LogP contribution in [-0.4, -0.2) is 35.4 Å². The Labute approximate surface area is 118 Å². The van der Waals surface area contributed by atoms with Crippen LogP contribution < -0.4 is 5.32 Å². The first-order valence-electron chi connectivity index (χ1n) is 6.72. The first-order valence-corrected chi connectivity index (χ1v) is 7.70. The van der Waals surface area contributed by atoms with Gasteiger partial charge in [0.25, 0.3) is 5.91 Å². The van der Waals surface area contributed by atoms with Gasteiger partial charge in [0.1, 0.15) is 0 Å². The predicted octanol–water partition coefficient (Wildman–Crippen LogP) is 2.49. The number of carbonyl (C=O) groups is 1. The molecule has 2 rings (SSSR count). The number of aromatic nitrogens is 1. The van der Waals surface area contributed by atoms with Crippen molar-refractivity contribution in [2.75, 3.05) is 12.4 Å². The Balaban J connectivity index is 1.96. The summed E-state index contributed by atoms with van der Waals surface area (Å²) in [7, 11) is 0. The zero-order valence-electron chi connectivity index (χ0n) is 11.4. The van der Waals surface area contributed by atoms with Gasteiger partial charge in [-0.15, -0.1) is 11.8 Å². The topological polar surface area (TPSA) is 51.2 Å². The molecular weight excluding hydrogens is 260 g/mol. The molecule has 1 aliphatic heterocycles. The number of hydrogen-bond acceptors (Lipinski definition) is 4. The maximum Gasteiger partial charge on any atom is 0.251 e. The zero-order valence-corrected chi connectivity index (χ0v) is 12.2. The molecule has 1 aliphatic rings. The van der Waals surface area contributed by atoms with E-state index in [1.165, 1.54) is 0 Å². The van der Waals surface area contributed by atoms with Crippen molar-refractivity contribution in [3.8, 4) is 0 Å². The van der Waals surface area contributed by atoms with E-state index in [1.54, 1.807) is 24.0 Å². The van der Waals surface area contributed by atoms with Crippen molar-refractivity contribution in [1.29, 1.82) is 0 Å². The largest absolute Gasteiger partial charge is 0.376 e. The fraction of sp³-hybridized carbons (Fsp3) is 0.571. The van der Waals surface area contributed by atoms with Crippen LogP contribution in [0.15, 0.2) is 23.4 Å². The van der Waals surface area contributed by atoms with Crippen LogP contribution in [0.1, 0.15) is 37.0 Å². The minimum absolute atomic E-state index is 0.0467. The van der Waals surface area contributed by atoms with Gasteiger partial charge in [0, 0.05) is 18.4 Å². The lowest BCUT2D eigenvalue weighted by atomic mass is 10.1. The van der Waals surface area contributed by atoms with Gasteiger partial charge in [0.2, 0.25) is 0 Å². The first-order chi connectivity index (χ1) is 9.20. The van der Waals surface area contributed by atoms with Crippen LogP contribution in [0.4, 0.5) is 0 Å². The third-order valence-electron chi connectivity index (χ3n) is 3.17. The Morgan fingerprint density at radius 1 is 1.68 bits per heavy atom. The van der Waals surface area contributed by atoms with Crippen LogP contribution in [0.3, 0.4) is 0 Å². The summed E-state index contributed by atoms with van der Waals surface area (Å²) < 4.78 is 5.58. The molecule has 1 aromatic heterocycles. The van der Waals surface area contributed by atoms with Gasteiger partial charge in [-0.1, -0.05) is 6.92 Å². The van der Waals surface area contributed by atoms with Crippen molar-refractivity contribution >= 4 is 17.7 Å². The molecule has 1 amide bonds. The van der Waals surface area contributed by atoms with Gasteiger partial charge in [-0.05, 0) is 37.7 Å². The standard InChI is InChI=1S/C14H20N2O2S/c1-3-19-13-9-11(6-7-15-13)14(17)16-10(2)12-5-4-8-18-12/h6-7,9-10,12H,3-5,8H2,1-2H3,(H,16,17)/t10-,12-/m0/s1. The number of hydrogen-bond donors (Lipinski definition) is 1. The van der Waals surface area contributed by atoms with Crippen molar-refractivity contribution in [3.05, 3.63) is 23.9 Å². The second-order valence-electron chi connectivity index (χ2n) is 4.63. The molecule has 0 unspecified atom stereocenters. The van der Waals surface area contributed by atoms with Gasteiger partial charge in [-0.3, -0.25) is 4.79 Å². The molecule has 104 valence electrons. The minimum atomic E-state index is -0.0525. The van der Waals surface area contributed by atoms with E-state index in [9.17, 15) is 4.79 Å². The fourth-order valence-corrected chi connectivity index (χ4v) is 2.80. The second kappa shape index (κ2) is 6.91. The Kier molecular flexibility index (Phi) is 5.22. The van der Waals surface area contributed by atoms with E-state index in [4.69, 9.17) is 4.74 Å². The maximum absolute atomic E-state index is 12.2. The van der Waals surface area contributed by atoms with Crippen molar-refractivity contribution in [3.63, 3.8) is 0 Å². The summed E-state index contributed by atoms with van der Waals surface area (Å²) in [6.45, 7) is 4.87. The summed E-state index contributed by atoms with van der Waals surface area (Å²) in [5, 5.41) is 3.90. The normalized spacial score (nSPS) is 20.2. The summed E-state index contributed by atoms with van der Waals surface area (Å²) in [5.41, 5.74) is 0.663. The predicted molar refractivity (Wildman–Crippen MR) is 76.5 cm³/mol. The molecular formula is C14H20N2O2S. The third kappa shape index (κ3) is 3.94. The lowest BCUT2D eigenvalue weighted by Gasteiger charge is -2.20. The van der Waals surface area contributed by atoms with Gasteiger partial charge < -0.3 is 10.1 Å². The molecule has 0 saturated carbocycles. The molecule has 2 heterocycles. The quantitative estimate of drug-likeness (QED) is 0.842. The Morgan fingerprint density at radius 3 is 3.21 bits per heavy atom. The van der Waals surface area contributed by atoms with Crippen LogP contribution in [0, 0.1) is 0 Å². The number of carbonyl (C=O) groups excluding carboxylic acids is 1. The summed E-state index contributed by atoms with van der Waals surface area (Å²) in [5.74, 6) is 0.896. The number of rotatable bonds is 5. The van der Waals surface area contributed by atoms with Crippen molar-refractivity contribution in [1.82, 2.24) is 10.3 Å². The highest BCUT2D eigenvalue weighted by molar-refractivity contribution is 7.99. The molecule has 5 heteroatoms. The molecule has 0 aromatic carbocycles. The SMILES string of the molecule is CCSc1cc(C(=O)N[C@@H](C)[C@@H]2CCCO2)ccn1. The molecule has 0 bridgehead atoms. The average Bonchev–Trinajstić information content (AvgIpc) is 2.93. The highest BCUT2D eigenvalue weighted by Gasteiger charge is 2.24.